The Labute approximate surface area is 138 Å². The molecule has 0 unspecified atom stereocenters. The minimum atomic E-state index is -0.979. The van der Waals surface area contributed by atoms with E-state index >= 15 is 0 Å². The van der Waals surface area contributed by atoms with Crippen molar-refractivity contribution in [2.75, 3.05) is 14.2 Å². The molecule has 0 atom stereocenters. The zero-order valence-corrected chi connectivity index (χ0v) is 13.1. The topological polar surface area (TPSA) is 88.1 Å². The van der Waals surface area contributed by atoms with Gasteiger partial charge in [-0.05, 0) is 24.3 Å². The Balaban J connectivity index is 0.000000307. The number of hydrogen-bond donors (Lipinski definition) is 0. The summed E-state index contributed by atoms with van der Waals surface area (Å²) < 4.78 is 17.9. The van der Waals surface area contributed by atoms with Crippen LogP contribution in [-0.4, -0.2) is 32.3 Å². The number of rotatable bonds is 2. The number of hydrogen-bond acceptors (Lipinski definition) is 7. The number of methoxy groups -OCH3 is 2. The largest absolute Gasteiger partial charge is 0.519 e. The van der Waals surface area contributed by atoms with Crippen LogP contribution in [-0.2, 0) is 19.1 Å². The first-order valence-corrected chi connectivity index (χ1v) is 6.72. The summed E-state index contributed by atoms with van der Waals surface area (Å²) >= 11 is 0. The molecule has 0 amide bonds. The van der Waals surface area contributed by atoms with Crippen molar-refractivity contribution in [1.82, 2.24) is 0 Å². The van der Waals surface area contributed by atoms with E-state index in [4.69, 9.17) is 9.47 Å². The van der Waals surface area contributed by atoms with E-state index in [0.29, 0.717) is 11.5 Å². The number of para-hydroxylation sites is 2. The van der Waals surface area contributed by atoms with Gasteiger partial charge in [-0.25, -0.2) is 14.4 Å². The summed E-state index contributed by atoms with van der Waals surface area (Å²) in [6.45, 7) is 0. The molecule has 0 radical (unpaired) electrons. The molecule has 7 heteroatoms. The van der Waals surface area contributed by atoms with Gasteiger partial charge < -0.3 is 18.9 Å². The maximum Gasteiger partial charge on any atom is 0.519 e. The standard InChI is InChI=1S/C13H10O3.C4H6O4/c14-13(15-11-7-3-1-4-8-11)16-12-9-5-2-6-10-12;1-7-3(5)4(6)8-2/h1-10H;1-2H3. The van der Waals surface area contributed by atoms with Gasteiger partial charge in [-0.2, -0.15) is 0 Å². The molecule has 2 aromatic carbocycles. The Kier molecular flexibility index (Phi) is 8.09. The van der Waals surface area contributed by atoms with E-state index in [2.05, 4.69) is 9.47 Å². The zero-order valence-electron chi connectivity index (χ0n) is 13.1. The van der Waals surface area contributed by atoms with E-state index in [1.54, 1.807) is 48.5 Å². The molecule has 0 aliphatic carbocycles. The summed E-state index contributed by atoms with van der Waals surface area (Å²) in [5.74, 6) is -1.04. The molecule has 0 saturated heterocycles. The second kappa shape index (κ2) is 10.4. The van der Waals surface area contributed by atoms with Gasteiger partial charge in [-0.3, -0.25) is 0 Å². The Morgan fingerprint density at radius 2 is 0.958 bits per heavy atom. The number of ether oxygens (including phenoxy) is 4. The van der Waals surface area contributed by atoms with Gasteiger partial charge in [0, 0.05) is 0 Å². The van der Waals surface area contributed by atoms with E-state index < -0.39 is 18.1 Å². The van der Waals surface area contributed by atoms with Crippen LogP contribution in [0.2, 0.25) is 0 Å². The van der Waals surface area contributed by atoms with Crippen LogP contribution >= 0.6 is 0 Å². The van der Waals surface area contributed by atoms with Crippen molar-refractivity contribution < 1.29 is 33.3 Å². The van der Waals surface area contributed by atoms with Gasteiger partial charge in [0.1, 0.15) is 11.5 Å². The van der Waals surface area contributed by atoms with Crippen molar-refractivity contribution in [3.63, 3.8) is 0 Å². The van der Waals surface area contributed by atoms with Gasteiger partial charge in [0.15, 0.2) is 0 Å². The molecular formula is C17H16O7. The monoisotopic (exact) mass is 332 g/mol. The third-order valence-electron chi connectivity index (χ3n) is 2.43. The van der Waals surface area contributed by atoms with Crippen molar-refractivity contribution in [2.24, 2.45) is 0 Å². The summed E-state index contributed by atoms with van der Waals surface area (Å²) in [6, 6.07) is 17.6. The molecule has 0 spiro atoms. The molecular weight excluding hydrogens is 316 g/mol. The maximum atomic E-state index is 11.3. The van der Waals surface area contributed by atoms with Crippen LogP contribution < -0.4 is 9.47 Å². The van der Waals surface area contributed by atoms with E-state index in [1.165, 1.54) is 0 Å². The normalized spacial score (nSPS) is 8.92. The van der Waals surface area contributed by atoms with E-state index in [9.17, 15) is 14.4 Å². The van der Waals surface area contributed by atoms with Crippen molar-refractivity contribution in [2.45, 2.75) is 0 Å². The number of carbonyl (C=O) groups is 3. The summed E-state index contributed by atoms with van der Waals surface area (Å²) in [5, 5.41) is 0. The average Bonchev–Trinajstić information content (AvgIpc) is 2.62. The highest BCUT2D eigenvalue weighted by Crippen LogP contribution is 2.12. The molecule has 2 rings (SSSR count). The smallest absolute Gasteiger partial charge is 0.461 e. The average molecular weight is 332 g/mol. The highest BCUT2D eigenvalue weighted by molar-refractivity contribution is 6.29. The first-order chi connectivity index (χ1) is 11.6. The van der Waals surface area contributed by atoms with Gasteiger partial charge in [0.05, 0.1) is 14.2 Å². The third kappa shape index (κ3) is 7.08. The molecule has 0 N–H and O–H groups in total. The van der Waals surface area contributed by atoms with Crippen LogP contribution in [0.15, 0.2) is 60.7 Å². The van der Waals surface area contributed by atoms with E-state index in [-0.39, 0.29) is 0 Å². The van der Waals surface area contributed by atoms with Gasteiger partial charge in [-0.15, -0.1) is 0 Å². The fourth-order valence-corrected chi connectivity index (χ4v) is 1.36. The summed E-state index contributed by atoms with van der Waals surface area (Å²) in [4.78, 5) is 31.4. The van der Waals surface area contributed by atoms with Gasteiger partial charge in [0.2, 0.25) is 0 Å². The van der Waals surface area contributed by atoms with Crippen molar-refractivity contribution in [3.8, 4) is 11.5 Å². The molecule has 126 valence electrons. The lowest BCUT2D eigenvalue weighted by Crippen LogP contribution is -2.16. The van der Waals surface area contributed by atoms with E-state index in [0.717, 1.165) is 14.2 Å². The van der Waals surface area contributed by atoms with Crippen LogP contribution in [0.3, 0.4) is 0 Å². The molecule has 0 aromatic heterocycles. The van der Waals surface area contributed by atoms with Crippen LogP contribution in [0.4, 0.5) is 4.79 Å². The third-order valence-corrected chi connectivity index (χ3v) is 2.43. The van der Waals surface area contributed by atoms with Crippen molar-refractivity contribution in [1.29, 1.82) is 0 Å². The Hall–Kier alpha value is -3.35. The second-order valence-electron chi connectivity index (χ2n) is 4.06. The zero-order chi connectivity index (χ0) is 17.8. The molecule has 0 bridgehead atoms. The molecule has 7 nitrogen and oxygen atoms in total. The summed E-state index contributed by atoms with van der Waals surface area (Å²) in [6.07, 6.45) is -0.739. The number of benzene rings is 2. The fraction of sp³-hybridized carbons (Fsp3) is 0.118. The van der Waals surface area contributed by atoms with Crippen LogP contribution in [0, 0.1) is 0 Å². The lowest BCUT2D eigenvalue weighted by atomic mass is 10.3. The highest BCUT2D eigenvalue weighted by atomic mass is 16.7. The molecule has 0 aliphatic rings. The first-order valence-electron chi connectivity index (χ1n) is 6.72. The molecule has 0 aliphatic heterocycles. The van der Waals surface area contributed by atoms with E-state index in [1.807, 2.05) is 12.1 Å². The van der Waals surface area contributed by atoms with Gasteiger partial charge in [-0.1, -0.05) is 36.4 Å². The highest BCUT2D eigenvalue weighted by Gasteiger charge is 2.11. The maximum absolute atomic E-state index is 11.3. The lowest BCUT2D eigenvalue weighted by molar-refractivity contribution is -0.164. The second-order valence-corrected chi connectivity index (χ2v) is 4.06. The molecule has 0 fully saturated rings. The summed E-state index contributed by atoms with van der Waals surface area (Å²) in [5.41, 5.74) is 0. The fourth-order valence-electron chi connectivity index (χ4n) is 1.36. The predicted octanol–water partition coefficient (Wildman–Crippen LogP) is 2.60. The van der Waals surface area contributed by atoms with Crippen molar-refractivity contribution in [3.05, 3.63) is 60.7 Å². The molecule has 2 aromatic rings. The Morgan fingerprint density at radius 1 is 0.625 bits per heavy atom. The van der Waals surface area contributed by atoms with Crippen molar-refractivity contribution >= 4 is 18.1 Å². The SMILES string of the molecule is COC(=O)C(=O)OC.O=C(Oc1ccccc1)Oc1ccccc1. The summed E-state index contributed by atoms with van der Waals surface area (Å²) in [7, 11) is 2.22. The quantitative estimate of drug-likeness (QED) is 0.474. The van der Waals surface area contributed by atoms with Gasteiger partial charge in [0.25, 0.3) is 0 Å². The lowest BCUT2D eigenvalue weighted by Gasteiger charge is -2.04. The molecule has 24 heavy (non-hydrogen) atoms. The molecule has 0 heterocycles. The Bertz CT molecular complexity index is 596. The predicted molar refractivity (Wildman–Crippen MR) is 83.6 cm³/mol. The van der Waals surface area contributed by atoms with Crippen LogP contribution in [0.1, 0.15) is 0 Å². The molecule has 0 saturated carbocycles. The van der Waals surface area contributed by atoms with Gasteiger partial charge >= 0.3 is 18.1 Å². The Morgan fingerprint density at radius 3 is 1.25 bits per heavy atom. The number of esters is 2. The van der Waals surface area contributed by atoms with Crippen LogP contribution in [0.5, 0.6) is 11.5 Å². The number of carbonyl (C=O) groups excluding carboxylic acids is 3. The minimum absolute atomic E-state index is 0.462. The minimum Gasteiger partial charge on any atom is -0.461 e. The van der Waals surface area contributed by atoms with Crippen LogP contribution in [0.25, 0.3) is 0 Å². The first kappa shape index (κ1) is 18.7.